The van der Waals surface area contributed by atoms with Crippen LogP contribution in [0.2, 0.25) is 0 Å². The van der Waals surface area contributed by atoms with Crippen molar-refractivity contribution in [3.05, 3.63) is 59.7 Å². The normalized spacial score (nSPS) is 19.3. The van der Waals surface area contributed by atoms with Crippen molar-refractivity contribution in [2.24, 2.45) is 11.8 Å². The first-order valence-electron chi connectivity index (χ1n) is 12.1. The van der Waals surface area contributed by atoms with Crippen molar-refractivity contribution in [2.75, 3.05) is 13.2 Å². The number of aryl methyl sites for hydroxylation is 1. The lowest BCUT2D eigenvalue weighted by molar-refractivity contribution is 0.134. The van der Waals surface area contributed by atoms with E-state index in [-0.39, 0.29) is 19.1 Å². The highest BCUT2D eigenvalue weighted by atomic mass is 16.3. The molecule has 1 fully saturated rings. The molecule has 0 aromatic heterocycles. The summed E-state index contributed by atoms with van der Waals surface area (Å²) in [5.74, 6) is 1.51. The number of aliphatic hydroxyl groups excluding tert-OH is 2. The van der Waals surface area contributed by atoms with Crippen LogP contribution in [0.1, 0.15) is 81.8 Å². The Balaban J connectivity index is 1.49. The fourth-order valence-electron chi connectivity index (χ4n) is 4.89. The molecule has 0 saturated heterocycles. The van der Waals surface area contributed by atoms with Crippen LogP contribution in [0.3, 0.4) is 0 Å². The number of hydrogen-bond donors (Lipinski definition) is 2. The molecule has 30 heavy (non-hydrogen) atoms. The minimum Gasteiger partial charge on any atom is -0.396 e. The zero-order valence-electron chi connectivity index (χ0n) is 18.7. The first-order valence-corrected chi connectivity index (χ1v) is 12.1. The van der Waals surface area contributed by atoms with Gasteiger partial charge in [0.25, 0.3) is 0 Å². The Labute approximate surface area is 183 Å². The van der Waals surface area contributed by atoms with Crippen LogP contribution in [0, 0.1) is 11.8 Å². The average Bonchev–Trinajstić information content (AvgIpc) is 2.81. The third-order valence-corrected chi connectivity index (χ3v) is 7.08. The van der Waals surface area contributed by atoms with Gasteiger partial charge in [-0.25, -0.2) is 0 Å². The minimum atomic E-state index is 0.0701. The molecule has 0 bridgehead atoms. The van der Waals surface area contributed by atoms with Crippen molar-refractivity contribution in [2.45, 2.75) is 77.0 Å². The Bertz CT molecular complexity index is 707. The van der Waals surface area contributed by atoms with Crippen molar-refractivity contribution in [1.29, 1.82) is 0 Å². The Morgan fingerprint density at radius 2 is 1.40 bits per heavy atom. The van der Waals surface area contributed by atoms with Crippen molar-refractivity contribution in [3.8, 4) is 11.1 Å². The van der Waals surface area contributed by atoms with E-state index in [0.717, 1.165) is 18.8 Å². The monoisotopic (exact) mass is 408 g/mol. The maximum Gasteiger partial charge on any atom is 0.0481 e. The van der Waals surface area contributed by atoms with Gasteiger partial charge in [-0.15, -0.1) is 0 Å². The van der Waals surface area contributed by atoms with Gasteiger partial charge in [0.2, 0.25) is 0 Å². The van der Waals surface area contributed by atoms with E-state index in [9.17, 15) is 10.2 Å². The molecule has 0 radical (unpaired) electrons. The van der Waals surface area contributed by atoms with Gasteiger partial charge in [-0.3, -0.25) is 0 Å². The van der Waals surface area contributed by atoms with E-state index >= 15 is 0 Å². The second-order valence-corrected chi connectivity index (χ2v) is 9.30. The maximum atomic E-state index is 9.25. The third-order valence-electron chi connectivity index (χ3n) is 7.08. The van der Waals surface area contributed by atoms with Crippen LogP contribution in [-0.4, -0.2) is 23.4 Å². The number of aliphatic hydroxyl groups is 2. The van der Waals surface area contributed by atoms with E-state index < -0.39 is 0 Å². The van der Waals surface area contributed by atoms with E-state index in [1.807, 2.05) is 0 Å². The van der Waals surface area contributed by atoms with Crippen LogP contribution >= 0.6 is 0 Å². The highest BCUT2D eigenvalue weighted by Gasteiger charge is 2.23. The van der Waals surface area contributed by atoms with Gasteiger partial charge in [-0.05, 0) is 79.0 Å². The first-order chi connectivity index (χ1) is 14.7. The molecule has 164 valence electrons. The first kappa shape index (κ1) is 23.0. The predicted molar refractivity (Wildman–Crippen MR) is 127 cm³/mol. The van der Waals surface area contributed by atoms with Crippen molar-refractivity contribution < 1.29 is 10.2 Å². The Morgan fingerprint density at radius 3 is 1.97 bits per heavy atom. The van der Waals surface area contributed by atoms with Gasteiger partial charge in [-0.1, -0.05) is 74.7 Å². The maximum absolute atomic E-state index is 9.25. The summed E-state index contributed by atoms with van der Waals surface area (Å²) in [6.45, 7) is 2.48. The zero-order chi connectivity index (χ0) is 21.2. The van der Waals surface area contributed by atoms with E-state index in [1.54, 1.807) is 0 Å². The quantitative estimate of drug-likeness (QED) is 0.404. The highest BCUT2D eigenvalue weighted by Crippen LogP contribution is 2.38. The zero-order valence-corrected chi connectivity index (χ0v) is 18.7. The predicted octanol–water partition coefficient (Wildman–Crippen LogP) is 6.74. The summed E-state index contributed by atoms with van der Waals surface area (Å²) >= 11 is 0. The Hall–Kier alpha value is -1.64. The molecular formula is C28H40O2. The van der Waals surface area contributed by atoms with E-state index in [0.29, 0.717) is 5.92 Å². The van der Waals surface area contributed by atoms with Crippen molar-refractivity contribution >= 4 is 0 Å². The van der Waals surface area contributed by atoms with Crippen LogP contribution in [0.25, 0.3) is 11.1 Å². The van der Waals surface area contributed by atoms with Crippen LogP contribution in [0.15, 0.2) is 48.5 Å². The molecule has 1 aliphatic carbocycles. The molecule has 0 amide bonds. The lowest BCUT2D eigenvalue weighted by Crippen LogP contribution is -2.17. The molecule has 2 aromatic carbocycles. The average molecular weight is 409 g/mol. The van der Waals surface area contributed by atoms with Gasteiger partial charge < -0.3 is 10.2 Å². The largest absolute Gasteiger partial charge is 0.396 e. The summed E-state index contributed by atoms with van der Waals surface area (Å²) in [6, 6.07) is 18.4. The Kier molecular flexibility index (Phi) is 9.42. The van der Waals surface area contributed by atoms with E-state index in [4.69, 9.17) is 0 Å². The van der Waals surface area contributed by atoms with Gasteiger partial charge in [0, 0.05) is 19.1 Å². The standard InChI is InChI=1S/C28H40O2/c1-2-3-4-5-22-8-12-25(13-9-22)27-16-18-28(19-17-27)26-14-10-23(11-15-26)6-7-24(20-29)21-30/h8-9,12-13,16-19,23-24,26,29-30H,2-7,10-11,14-15,20-21H2,1H3. The van der Waals surface area contributed by atoms with Crippen LogP contribution < -0.4 is 0 Å². The van der Waals surface area contributed by atoms with E-state index in [1.165, 1.54) is 73.6 Å². The molecule has 2 aromatic rings. The molecule has 0 atom stereocenters. The minimum absolute atomic E-state index is 0.0701. The van der Waals surface area contributed by atoms with Crippen LogP contribution in [0.5, 0.6) is 0 Å². The fourth-order valence-corrected chi connectivity index (χ4v) is 4.89. The Morgan fingerprint density at radius 1 is 0.800 bits per heavy atom. The summed E-state index contributed by atoms with van der Waals surface area (Å²) in [5, 5.41) is 18.5. The molecule has 2 heteroatoms. The fraction of sp³-hybridized carbons (Fsp3) is 0.571. The molecule has 0 heterocycles. The second-order valence-electron chi connectivity index (χ2n) is 9.30. The molecule has 2 N–H and O–H groups in total. The molecule has 1 saturated carbocycles. The van der Waals surface area contributed by atoms with Crippen molar-refractivity contribution in [3.63, 3.8) is 0 Å². The topological polar surface area (TPSA) is 40.5 Å². The summed E-state index contributed by atoms with van der Waals surface area (Å²) in [5.41, 5.74) is 5.56. The van der Waals surface area contributed by atoms with Gasteiger partial charge in [-0.2, -0.15) is 0 Å². The number of hydrogen-bond acceptors (Lipinski definition) is 2. The van der Waals surface area contributed by atoms with E-state index in [2.05, 4.69) is 55.5 Å². The lowest BCUT2D eigenvalue weighted by atomic mass is 9.76. The second kappa shape index (κ2) is 12.3. The molecule has 1 aliphatic rings. The lowest BCUT2D eigenvalue weighted by Gasteiger charge is -2.29. The van der Waals surface area contributed by atoms with Crippen LogP contribution in [0.4, 0.5) is 0 Å². The van der Waals surface area contributed by atoms with Gasteiger partial charge >= 0.3 is 0 Å². The molecule has 0 aliphatic heterocycles. The van der Waals surface area contributed by atoms with Gasteiger partial charge in [0.1, 0.15) is 0 Å². The molecule has 3 rings (SSSR count). The number of rotatable bonds is 11. The molecular weight excluding hydrogens is 368 g/mol. The number of unbranched alkanes of at least 4 members (excludes halogenated alkanes) is 2. The van der Waals surface area contributed by atoms with Gasteiger partial charge in [0.05, 0.1) is 0 Å². The van der Waals surface area contributed by atoms with Crippen molar-refractivity contribution in [1.82, 2.24) is 0 Å². The summed E-state index contributed by atoms with van der Waals surface area (Å²) in [4.78, 5) is 0. The highest BCUT2D eigenvalue weighted by molar-refractivity contribution is 5.64. The smallest absolute Gasteiger partial charge is 0.0481 e. The number of benzene rings is 2. The molecule has 0 spiro atoms. The molecule has 2 nitrogen and oxygen atoms in total. The summed E-state index contributed by atoms with van der Waals surface area (Å²) < 4.78 is 0. The van der Waals surface area contributed by atoms with Crippen LogP contribution in [-0.2, 0) is 6.42 Å². The molecule has 0 unspecified atom stereocenters. The SMILES string of the molecule is CCCCCc1ccc(-c2ccc(C3CCC(CCC(CO)CO)CC3)cc2)cc1. The third kappa shape index (κ3) is 6.68. The van der Waals surface area contributed by atoms with Gasteiger partial charge in [0.15, 0.2) is 0 Å². The summed E-state index contributed by atoms with van der Waals surface area (Å²) in [7, 11) is 0. The summed E-state index contributed by atoms with van der Waals surface area (Å²) in [6.07, 6.45) is 12.2.